The van der Waals surface area contributed by atoms with Crippen molar-refractivity contribution in [2.24, 2.45) is 0 Å². The van der Waals surface area contributed by atoms with Gasteiger partial charge < -0.3 is 15.0 Å². The van der Waals surface area contributed by atoms with Gasteiger partial charge >= 0.3 is 5.97 Å². The third-order valence-electron chi connectivity index (χ3n) is 2.51. The fourth-order valence-electron chi connectivity index (χ4n) is 1.63. The zero-order chi connectivity index (χ0) is 13.3. The maximum atomic E-state index is 13.7. The fraction of sp³-hybridized carbons (Fsp3) is 0.0833. The SMILES string of the molecule is COC(=O)c1cccn1-c1ccc(Br)c(F)c1N. The molecule has 2 N–H and O–H groups in total. The van der Waals surface area contributed by atoms with Crippen LogP contribution in [0.2, 0.25) is 0 Å². The Morgan fingerprint density at radius 1 is 1.44 bits per heavy atom. The van der Waals surface area contributed by atoms with Crippen molar-refractivity contribution < 1.29 is 13.9 Å². The first kappa shape index (κ1) is 12.6. The maximum Gasteiger partial charge on any atom is 0.355 e. The molecular weight excluding hydrogens is 303 g/mol. The molecule has 18 heavy (non-hydrogen) atoms. The number of methoxy groups -OCH3 is 1. The molecule has 0 aliphatic heterocycles. The number of carbonyl (C=O) groups excluding carboxylic acids is 1. The smallest absolute Gasteiger partial charge is 0.355 e. The fourth-order valence-corrected chi connectivity index (χ4v) is 1.97. The van der Waals surface area contributed by atoms with Crippen molar-refractivity contribution in [2.45, 2.75) is 0 Å². The van der Waals surface area contributed by atoms with Crippen molar-refractivity contribution in [1.82, 2.24) is 4.57 Å². The van der Waals surface area contributed by atoms with Crippen LogP contribution >= 0.6 is 15.9 Å². The van der Waals surface area contributed by atoms with Crippen LogP contribution in [-0.4, -0.2) is 17.6 Å². The third-order valence-corrected chi connectivity index (χ3v) is 3.12. The Hall–Kier alpha value is -1.82. The molecule has 0 spiro atoms. The molecule has 0 saturated heterocycles. The van der Waals surface area contributed by atoms with Gasteiger partial charge in [-0.05, 0) is 40.2 Å². The molecule has 94 valence electrons. The van der Waals surface area contributed by atoms with Crippen LogP contribution in [0.1, 0.15) is 10.5 Å². The van der Waals surface area contributed by atoms with Crippen LogP contribution in [0.5, 0.6) is 0 Å². The standard InChI is InChI=1S/C12H10BrFN2O2/c1-18-12(17)9-3-2-6-16(9)8-5-4-7(13)10(14)11(8)15/h2-6H,15H2,1H3. The molecule has 2 aromatic rings. The first-order valence-corrected chi connectivity index (χ1v) is 5.85. The van der Waals surface area contributed by atoms with Crippen LogP contribution in [0.15, 0.2) is 34.9 Å². The Balaban J connectivity index is 2.60. The lowest BCUT2D eigenvalue weighted by molar-refractivity contribution is 0.0591. The Kier molecular flexibility index (Phi) is 3.38. The van der Waals surface area contributed by atoms with E-state index in [0.29, 0.717) is 5.69 Å². The summed E-state index contributed by atoms with van der Waals surface area (Å²) in [7, 11) is 1.28. The lowest BCUT2D eigenvalue weighted by Gasteiger charge is -2.11. The number of aromatic nitrogens is 1. The summed E-state index contributed by atoms with van der Waals surface area (Å²) in [6.07, 6.45) is 1.62. The Labute approximate surface area is 111 Å². The van der Waals surface area contributed by atoms with Crippen LogP contribution in [0.25, 0.3) is 5.69 Å². The molecular formula is C12H10BrFN2O2. The lowest BCUT2D eigenvalue weighted by Crippen LogP contribution is -2.10. The van der Waals surface area contributed by atoms with Gasteiger partial charge in [0.05, 0.1) is 23.0 Å². The first-order valence-electron chi connectivity index (χ1n) is 5.05. The average Bonchev–Trinajstić information content (AvgIpc) is 2.84. The van der Waals surface area contributed by atoms with Crippen LogP contribution in [-0.2, 0) is 4.74 Å². The van der Waals surface area contributed by atoms with E-state index in [0.717, 1.165) is 0 Å². The predicted octanol–water partition coefficient (Wildman–Crippen LogP) is 2.75. The molecule has 4 nitrogen and oxygen atoms in total. The van der Waals surface area contributed by atoms with E-state index in [1.54, 1.807) is 24.4 Å². The van der Waals surface area contributed by atoms with E-state index in [2.05, 4.69) is 20.7 Å². The molecule has 1 aromatic heterocycles. The van der Waals surface area contributed by atoms with Crippen molar-refractivity contribution in [2.75, 3.05) is 12.8 Å². The number of anilines is 1. The molecule has 0 atom stereocenters. The summed E-state index contributed by atoms with van der Waals surface area (Å²) in [6, 6.07) is 6.38. The molecule has 6 heteroatoms. The summed E-state index contributed by atoms with van der Waals surface area (Å²) >= 11 is 3.05. The number of hydrogen-bond acceptors (Lipinski definition) is 3. The number of halogens is 2. The molecule has 1 heterocycles. The van der Waals surface area contributed by atoms with Crippen molar-refractivity contribution in [3.05, 3.63) is 46.4 Å². The first-order chi connectivity index (χ1) is 8.56. The predicted molar refractivity (Wildman–Crippen MR) is 69.2 cm³/mol. The maximum absolute atomic E-state index is 13.7. The number of benzene rings is 1. The highest BCUT2D eigenvalue weighted by molar-refractivity contribution is 9.10. The molecule has 0 aliphatic carbocycles. The van der Waals surface area contributed by atoms with E-state index in [9.17, 15) is 9.18 Å². The molecule has 0 radical (unpaired) electrons. The van der Waals surface area contributed by atoms with Crippen molar-refractivity contribution in [3.63, 3.8) is 0 Å². The van der Waals surface area contributed by atoms with Crippen LogP contribution in [0.3, 0.4) is 0 Å². The highest BCUT2D eigenvalue weighted by Crippen LogP contribution is 2.28. The number of carbonyl (C=O) groups is 1. The van der Waals surface area contributed by atoms with Crippen molar-refractivity contribution in [1.29, 1.82) is 0 Å². The summed E-state index contributed by atoms with van der Waals surface area (Å²) < 4.78 is 20.1. The van der Waals surface area contributed by atoms with Gasteiger partial charge in [-0.3, -0.25) is 0 Å². The summed E-state index contributed by atoms with van der Waals surface area (Å²) in [4.78, 5) is 11.5. The van der Waals surface area contributed by atoms with E-state index in [1.165, 1.54) is 17.7 Å². The number of hydrogen-bond donors (Lipinski definition) is 1. The second kappa shape index (κ2) is 4.81. The molecule has 1 aromatic carbocycles. The van der Waals surface area contributed by atoms with Crippen molar-refractivity contribution >= 4 is 27.6 Å². The Morgan fingerprint density at radius 2 is 2.17 bits per heavy atom. The molecule has 2 rings (SSSR count). The highest BCUT2D eigenvalue weighted by Gasteiger charge is 2.16. The van der Waals surface area contributed by atoms with Gasteiger partial charge in [0.2, 0.25) is 0 Å². The number of esters is 1. The second-order valence-corrected chi connectivity index (χ2v) is 4.40. The number of nitrogens with two attached hydrogens (primary N) is 1. The van der Waals surface area contributed by atoms with Crippen LogP contribution in [0, 0.1) is 5.82 Å². The van der Waals surface area contributed by atoms with Crippen LogP contribution in [0.4, 0.5) is 10.1 Å². The van der Waals surface area contributed by atoms with E-state index in [-0.39, 0.29) is 15.9 Å². The summed E-state index contributed by atoms with van der Waals surface area (Å²) in [5.41, 5.74) is 6.34. The molecule has 0 fully saturated rings. The average molecular weight is 313 g/mol. The normalized spacial score (nSPS) is 10.4. The zero-order valence-electron chi connectivity index (χ0n) is 9.48. The minimum atomic E-state index is -0.558. The molecule has 0 aliphatic rings. The second-order valence-electron chi connectivity index (χ2n) is 3.55. The highest BCUT2D eigenvalue weighted by atomic mass is 79.9. The summed E-state index contributed by atoms with van der Waals surface area (Å²) in [6.45, 7) is 0. The van der Waals surface area contributed by atoms with Gasteiger partial charge in [0, 0.05) is 6.20 Å². The number of nitrogens with zero attached hydrogens (tertiary/aromatic N) is 1. The topological polar surface area (TPSA) is 57.2 Å². The van der Waals surface area contributed by atoms with Gasteiger partial charge in [-0.15, -0.1) is 0 Å². The monoisotopic (exact) mass is 312 g/mol. The number of ether oxygens (including phenoxy) is 1. The van der Waals surface area contributed by atoms with E-state index in [1.807, 2.05) is 0 Å². The molecule has 0 bridgehead atoms. The minimum Gasteiger partial charge on any atom is -0.464 e. The summed E-state index contributed by atoms with van der Waals surface area (Å²) in [5, 5.41) is 0. The van der Waals surface area contributed by atoms with E-state index < -0.39 is 11.8 Å². The van der Waals surface area contributed by atoms with E-state index in [4.69, 9.17) is 5.73 Å². The third kappa shape index (κ3) is 1.99. The van der Waals surface area contributed by atoms with Gasteiger partial charge in [-0.2, -0.15) is 0 Å². The summed E-state index contributed by atoms with van der Waals surface area (Å²) in [5.74, 6) is -1.07. The quantitative estimate of drug-likeness (QED) is 0.685. The van der Waals surface area contributed by atoms with Gasteiger partial charge in [-0.25, -0.2) is 9.18 Å². The van der Waals surface area contributed by atoms with E-state index >= 15 is 0 Å². The van der Waals surface area contributed by atoms with Crippen LogP contribution < -0.4 is 5.73 Å². The molecule has 0 saturated carbocycles. The molecule has 0 amide bonds. The zero-order valence-corrected chi connectivity index (χ0v) is 11.1. The largest absolute Gasteiger partial charge is 0.464 e. The van der Waals surface area contributed by atoms with Gasteiger partial charge in [-0.1, -0.05) is 0 Å². The Morgan fingerprint density at radius 3 is 2.83 bits per heavy atom. The van der Waals surface area contributed by atoms with Gasteiger partial charge in [0.15, 0.2) is 5.82 Å². The molecule has 0 unspecified atom stereocenters. The number of rotatable bonds is 2. The lowest BCUT2D eigenvalue weighted by atomic mass is 10.2. The van der Waals surface area contributed by atoms with Gasteiger partial charge in [0.25, 0.3) is 0 Å². The minimum absolute atomic E-state index is 0.0364. The number of nitrogen functional groups attached to an aromatic ring is 1. The van der Waals surface area contributed by atoms with Crippen molar-refractivity contribution in [3.8, 4) is 5.69 Å². The Bertz CT molecular complexity index is 610. The van der Waals surface area contributed by atoms with Gasteiger partial charge in [0.1, 0.15) is 5.69 Å².